The summed E-state index contributed by atoms with van der Waals surface area (Å²) in [5.74, 6) is 2.03. The molecule has 0 spiro atoms. The molecule has 122 valence electrons. The minimum absolute atomic E-state index is 0.595. The lowest BCUT2D eigenvalue weighted by atomic mass is 10.00. The number of hydrogen-bond donors (Lipinski definition) is 1. The van der Waals surface area contributed by atoms with Crippen LogP contribution in [0.2, 0.25) is 0 Å². The fourth-order valence-electron chi connectivity index (χ4n) is 2.76. The Balaban J connectivity index is 1.93. The minimum Gasteiger partial charge on any atom is -0.493 e. The molecule has 0 radical (unpaired) electrons. The molecule has 0 aliphatic carbocycles. The van der Waals surface area contributed by atoms with Crippen LogP contribution in [0.25, 0.3) is 0 Å². The van der Waals surface area contributed by atoms with Crippen LogP contribution in [0.3, 0.4) is 0 Å². The molecule has 1 unspecified atom stereocenters. The van der Waals surface area contributed by atoms with Gasteiger partial charge in [-0.2, -0.15) is 0 Å². The summed E-state index contributed by atoms with van der Waals surface area (Å²) in [7, 11) is 5.20. The smallest absolute Gasteiger partial charge is 0.161 e. The van der Waals surface area contributed by atoms with Gasteiger partial charge < -0.3 is 24.2 Å². The van der Waals surface area contributed by atoms with Gasteiger partial charge in [0.2, 0.25) is 0 Å². The van der Waals surface area contributed by atoms with Crippen LogP contribution >= 0.6 is 0 Å². The Morgan fingerprint density at radius 3 is 2.48 bits per heavy atom. The van der Waals surface area contributed by atoms with Crippen molar-refractivity contribution < 1.29 is 19.3 Å². The molecule has 0 fully saturated rings. The highest BCUT2D eigenvalue weighted by atomic mass is 16.5. The molecule has 2 aromatic rings. The van der Waals surface area contributed by atoms with E-state index in [-0.39, 0.29) is 0 Å². The minimum atomic E-state index is -0.754. The van der Waals surface area contributed by atoms with E-state index < -0.39 is 6.10 Å². The van der Waals surface area contributed by atoms with Gasteiger partial charge in [0.1, 0.15) is 18.5 Å². The number of methoxy groups -OCH3 is 2. The summed E-state index contributed by atoms with van der Waals surface area (Å²) in [6.45, 7) is 1.52. The molecule has 3 rings (SSSR count). The highest BCUT2D eigenvalue weighted by Crippen LogP contribution is 2.36. The first kappa shape index (κ1) is 15.5. The van der Waals surface area contributed by atoms with E-state index in [0.29, 0.717) is 18.1 Å². The van der Waals surface area contributed by atoms with Gasteiger partial charge in [-0.3, -0.25) is 0 Å². The van der Waals surface area contributed by atoms with E-state index in [9.17, 15) is 5.11 Å². The predicted molar refractivity (Wildman–Crippen MR) is 88.8 cm³/mol. The second kappa shape index (κ2) is 6.38. The van der Waals surface area contributed by atoms with Gasteiger partial charge in [-0.25, -0.2) is 0 Å². The molecule has 1 heterocycles. The average molecular weight is 315 g/mol. The molecule has 0 saturated carbocycles. The maximum Gasteiger partial charge on any atom is 0.161 e. The van der Waals surface area contributed by atoms with E-state index >= 15 is 0 Å². The first-order chi connectivity index (χ1) is 11.1. The second-order valence-electron chi connectivity index (χ2n) is 5.51. The van der Waals surface area contributed by atoms with Crippen LogP contribution in [0.15, 0.2) is 36.4 Å². The summed E-state index contributed by atoms with van der Waals surface area (Å²) in [6, 6.07) is 11.2. The third-order valence-corrected chi connectivity index (χ3v) is 4.12. The van der Waals surface area contributed by atoms with Crippen molar-refractivity contribution in [1.82, 2.24) is 0 Å². The monoisotopic (exact) mass is 315 g/mol. The van der Waals surface area contributed by atoms with Gasteiger partial charge >= 0.3 is 0 Å². The Morgan fingerprint density at radius 2 is 1.74 bits per heavy atom. The van der Waals surface area contributed by atoms with E-state index in [1.807, 2.05) is 31.3 Å². The fraction of sp³-hybridized carbons (Fsp3) is 0.333. The summed E-state index contributed by atoms with van der Waals surface area (Å²) >= 11 is 0. The molecule has 1 N–H and O–H groups in total. The summed E-state index contributed by atoms with van der Waals surface area (Å²) in [6.07, 6.45) is -0.754. The van der Waals surface area contributed by atoms with Crippen LogP contribution in [-0.2, 0) is 0 Å². The fourth-order valence-corrected chi connectivity index (χ4v) is 2.76. The van der Waals surface area contributed by atoms with Crippen LogP contribution in [0, 0.1) is 0 Å². The van der Waals surface area contributed by atoms with Crippen LogP contribution in [0.1, 0.15) is 17.2 Å². The number of ether oxygens (including phenoxy) is 3. The molecule has 1 aliphatic rings. The Bertz CT molecular complexity index is 701. The van der Waals surface area contributed by atoms with E-state index in [4.69, 9.17) is 14.2 Å². The maximum atomic E-state index is 10.7. The first-order valence-electron chi connectivity index (χ1n) is 7.52. The normalized spacial score (nSPS) is 14.7. The zero-order chi connectivity index (χ0) is 16.4. The molecular formula is C18H21NO4. The van der Waals surface area contributed by atoms with Crippen molar-refractivity contribution in [2.75, 3.05) is 39.3 Å². The lowest BCUT2D eigenvalue weighted by Gasteiger charge is -2.28. The van der Waals surface area contributed by atoms with Crippen molar-refractivity contribution in [2.45, 2.75) is 6.10 Å². The predicted octanol–water partition coefficient (Wildman–Crippen LogP) is 2.61. The highest BCUT2D eigenvalue weighted by molar-refractivity contribution is 5.61. The molecule has 0 aromatic heterocycles. The van der Waals surface area contributed by atoms with Crippen molar-refractivity contribution >= 4 is 5.69 Å². The van der Waals surface area contributed by atoms with Crippen LogP contribution in [0.5, 0.6) is 17.2 Å². The summed E-state index contributed by atoms with van der Waals surface area (Å²) in [5, 5.41) is 10.7. The largest absolute Gasteiger partial charge is 0.493 e. The molecule has 5 heteroatoms. The SMILES string of the molecule is COc1ccc(C(O)c2ccc3c(c2)OCCN3C)cc1OC. The zero-order valence-electron chi connectivity index (χ0n) is 13.6. The Morgan fingerprint density at radius 1 is 1.04 bits per heavy atom. The van der Waals surface area contributed by atoms with Gasteiger partial charge in [-0.05, 0) is 35.4 Å². The number of aliphatic hydroxyl groups is 1. The Kier molecular flexibility index (Phi) is 4.30. The van der Waals surface area contributed by atoms with Gasteiger partial charge in [0.15, 0.2) is 11.5 Å². The van der Waals surface area contributed by atoms with Crippen molar-refractivity contribution in [3.05, 3.63) is 47.5 Å². The molecule has 2 aromatic carbocycles. The van der Waals surface area contributed by atoms with E-state index in [2.05, 4.69) is 4.90 Å². The number of hydrogen-bond acceptors (Lipinski definition) is 5. The Hall–Kier alpha value is -2.40. The summed E-state index contributed by atoms with van der Waals surface area (Å²) in [4.78, 5) is 2.14. The quantitative estimate of drug-likeness (QED) is 0.940. The first-order valence-corrected chi connectivity index (χ1v) is 7.52. The molecule has 0 amide bonds. The number of aliphatic hydroxyl groups excluding tert-OH is 1. The van der Waals surface area contributed by atoms with E-state index in [1.165, 1.54) is 0 Å². The highest BCUT2D eigenvalue weighted by Gasteiger charge is 2.19. The molecule has 1 atom stereocenters. The molecular weight excluding hydrogens is 294 g/mol. The molecule has 0 bridgehead atoms. The molecule has 0 saturated heterocycles. The number of likely N-dealkylation sites (N-methyl/N-ethyl adjacent to an activating group) is 1. The van der Waals surface area contributed by atoms with Crippen molar-refractivity contribution in [1.29, 1.82) is 0 Å². The van der Waals surface area contributed by atoms with Gasteiger partial charge in [-0.15, -0.1) is 0 Å². The standard InChI is InChI=1S/C18H21NO4/c1-19-8-9-23-16-10-12(4-6-14(16)19)18(20)13-5-7-15(21-2)17(11-13)22-3/h4-7,10-11,18,20H,8-9H2,1-3H3. The Labute approximate surface area is 136 Å². The molecule has 5 nitrogen and oxygen atoms in total. The zero-order valence-corrected chi connectivity index (χ0v) is 13.6. The third kappa shape index (κ3) is 2.92. The van der Waals surface area contributed by atoms with E-state index in [1.54, 1.807) is 26.4 Å². The lowest BCUT2D eigenvalue weighted by Crippen LogP contribution is -2.28. The number of fused-ring (bicyclic) bond motifs is 1. The number of anilines is 1. The van der Waals surface area contributed by atoms with Crippen molar-refractivity contribution in [3.8, 4) is 17.2 Å². The maximum absolute atomic E-state index is 10.7. The van der Waals surface area contributed by atoms with Crippen molar-refractivity contribution in [2.24, 2.45) is 0 Å². The van der Waals surface area contributed by atoms with Gasteiger partial charge in [0.05, 0.1) is 26.5 Å². The van der Waals surface area contributed by atoms with E-state index in [0.717, 1.165) is 29.1 Å². The summed E-state index contributed by atoms with van der Waals surface area (Å²) in [5.41, 5.74) is 2.57. The molecule has 23 heavy (non-hydrogen) atoms. The van der Waals surface area contributed by atoms with Crippen molar-refractivity contribution in [3.63, 3.8) is 0 Å². The van der Waals surface area contributed by atoms with Gasteiger partial charge in [0.25, 0.3) is 0 Å². The van der Waals surface area contributed by atoms with Gasteiger partial charge in [-0.1, -0.05) is 12.1 Å². The summed E-state index contributed by atoms with van der Waals surface area (Å²) < 4.78 is 16.2. The third-order valence-electron chi connectivity index (χ3n) is 4.12. The second-order valence-corrected chi connectivity index (χ2v) is 5.51. The van der Waals surface area contributed by atoms with Crippen LogP contribution in [0.4, 0.5) is 5.69 Å². The number of rotatable bonds is 4. The molecule has 1 aliphatic heterocycles. The lowest BCUT2D eigenvalue weighted by molar-refractivity contribution is 0.218. The number of benzene rings is 2. The number of nitrogens with zero attached hydrogens (tertiary/aromatic N) is 1. The van der Waals surface area contributed by atoms with Gasteiger partial charge in [0, 0.05) is 7.05 Å². The average Bonchev–Trinajstić information content (AvgIpc) is 2.60. The van der Waals surface area contributed by atoms with Crippen LogP contribution in [-0.4, -0.2) is 39.5 Å². The topological polar surface area (TPSA) is 51.2 Å². The van der Waals surface area contributed by atoms with Crippen LogP contribution < -0.4 is 19.1 Å².